The molecule has 0 saturated carbocycles. The van der Waals surface area contributed by atoms with E-state index in [4.69, 9.17) is 0 Å². The molecule has 1 unspecified atom stereocenters. The lowest BCUT2D eigenvalue weighted by atomic mass is 10.1. The number of β-amino-alcohol motifs (C(OH)–C–C–N with tert-alkyl or cyclic N) is 1. The monoisotopic (exact) mass is 271 g/mol. The first-order valence-corrected chi connectivity index (χ1v) is 6.67. The smallest absolute Gasteiger partial charge is 0.257 e. The summed E-state index contributed by atoms with van der Waals surface area (Å²) in [5, 5.41) is 16.9. The summed E-state index contributed by atoms with van der Waals surface area (Å²) in [6.45, 7) is 2.70. The van der Waals surface area contributed by atoms with Gasteiger partial charge in [0.1, 0.15) is 0 Å². The second-order valence-corrected chi connectivity index (χ2v) is 5.50. The molecule has 1 atom stereocenters. The SMILES string of the molecule is CC1(O)CCN(C(=O)c2cn[nH]c2-c2ccccc2)C1. The van der Waals surface area contributed by atoms with Crippen LogP contribution in [0.1, 0.15) is 23.7 Å². The number of carbonyl (C=O) groups excluding carboxylic acids is 1. The molecule has 1 aromatic carbocycles. The summed E-state index contributed by atoms with van der Waals surface area (Å²) in [4.78, 5) is 14.2. The van der Waals surface area contributed by atoms with Crippen molar-refractivity contribution in [1.82, 2.24) is 15.1 Å². The third kappa shape index (κ3) is 2.32. The lowest BCUT2D eigenvalue weighted by Crippen LogP contribution is -2.33. The van der Waals surface area contributed by atoms with Gasteiger partial charge in [-0.05, 0) is 13.3 Å². The highest BCUT2D eigenvalue weighted by Gasteiger charge is 2.35. The number of aromatic nitrogens is 2. The van der Waals surface area contributed by atoms with E-state index in [0.717, 1.165) is 11.3 Å². The highest BCUT2D eigenvalue weighted by molar-refractivity contribution is 5.99. The maximum Gasteiger partial charge on any atom is 0.257 e. The van der Waals surface area contributed by atoms with Crippen LogP contribution >= 0.6 is 0 Å². The molecule has 1 aromatic heterocycles. The van der Waals surface area contributed by atoms with Gasteiger partial charge in [0, 0.05) is 18.7 Å². The van der Waals surface area contributed by atoms with Crippen molar-refractivity contribution < 1.29 is 9.90 Å². The van der Waals surface area contributed by atoms with Gasteiger partial charge >= 0.3 is 0 Å². The molecule has 3 rings (SSSR count). The maximum absolute atomic E-state index is 12.5. The van der Waals surface area contributed by atoms with Gasteiger partial charge in [-0.15, -0.1) is 0 Å². The molecule has 5 nitrogen and oxygen atoms in total. The van der Waals surface area contributed by atoms with Crippen LogP contribution in [0.4, 0.5) is 0 Å². The lowest BCUT2D eigenvalue weighted by molar-refractivity contribution is 0.0572. The van der Waals surface area contributed by atoms with Crippen molar-refractivity contribution >= 4 is 5.91 Å². The van der Waals surface area contributed by atoms with E-state index in [9.17, 15) is 9.90 Å². The Balaban J connectivity index is 1.89. The molecule has 0 aliphatic carbocycles. The van der Waals surface area contributed by atoms with E-state index in [2.05, 4.69) is 10.2 Å². The highest BCUT2D eigenvalue weighted by Crippen LogP contribution is 2.26. The lowest BCUT2D eigenvalue weighted by Gasteiger charge is -2.19. The quantitative estimate of drug-likeness (QED) is 0.873. The Hall–Kier alpha value is -2.14. The van der Waals surface area contributed by atoms with Crippen molar-refractivity contribution in [2.75, 3.05) is 13.1 Å². The first-order chi connectivity index (χ1) is 9.57. The van der Waals surface area contributed by atoms with Gasteiger partial charge in [0.2, 0.25) is 0 Å². The minimum atomic E-state index is -0.785. The Morgan fingerprint density at radius 1 is 1.40 bits per heavy atom. The summed E-state index contributed by atoms with van der Waals surface area (Å²) >= 11 is 0. The van der Waals surface area contributed by atoms with E-state index in [0.29, 0.717) is 25.1 Å². The number of likely N-dealkylation sites (tertiary alicyclic amines) is 1. The topological polar surface area (TPSA) is 69.2 Å². The molecule has 1 amide bonds. The number of hydrogen-bond acceptors (Lipinski definition) is 3. The number of nitrogens with one attached hydrogen (secondary N) is 1. The Morgan fingerprint density at radius 3 is 2.80 bits per heavy atom. The fraction of sp³-hybridized carbons (Fsp3) is 0.333. The number of amides is 1. The Bertz CT molecular complexity index is 619. The number of aliphatic hydroxyl groups is 1. The fourth-order valence-electron chi connectivity index (χ4n) is 2.56. The fourth-order valence-corrected chi connectivity index (χ4v) is 2.56. The molecule has 0 spiro atoms. The minimum absolute atomic E-state index is 0.0876. The van der Waals surface area contributed by atoms with Crippen LogP contribution < -0.4 is 0 Å². The first-order valence-electron chi connectivity index (χ1n) is 6.67. The van der Waals surface area contributed by atoms with Crippen molar-refractivity contribution in [2.45, 2.75) is 18.9 Å². The predicted octanol–water partition coefficient (Wildman–Crippen LogP) is 1.67. The van der Waals surface area contributed by atoms with E-state index in [1.54, 1.807) is 18.0 Å². The number of hydrogen-bond donors (Lipinski definition) is 2. The second-order valence-electron chi connectivity index (χ2n) is 5.50. The molecule has 5 heteroatoms. The number of carbonyl (C=O) groups is 1. The molecule has 0 radical (unpaired) electrons. The van der Waals surface area contributed by atoms with Gasteiger partial charge in [-0.2, -0.15) is 5.10 Å². The molecule has 1 aliphatic heterocycles. The van der Waals surface area contributed by atoms with Gasteiger partial charge < -0.3 is 10.0 Å². The maximum atomic E-state index is 12.5. The zero-order valence-corrected chi connectivity index (χ0v) is 11.3. The van der Waals surface area contributed by atoms with E-state index in [-0.39, 0.29) is 5.91 Å². The van der Waals surface area contributed by atoms with Crippen LogP contribution in [0.15, 0.2) is 36.5 Å². The zero-order chi connectivity index (χ0) is 14.2. The summed E-state index contributed by atoms with van der Waals surface area (Å²) < 4.78 is 0. The standard InChI is InChI=1S/C15H17N3O2/c1-15(20)7-8-18(10-15)14(19)12-9-16-17-13(12)11-5-3-2-4-6-11/h2-6,9,20H,7-8,10H2,1H3,(H,16,17). The average Bonchev–Trinajstić information content (AvgIpc) is 3.05. The van der Waals surface area contributed by atoms with Gasteiger partial charge in [-0.3, -0.25) is 9.89 Å². The molecule has 2 aromatic rings. The molecular weight excluding hydrogens is 254 g/mol. The predicted molar refractivity (Wildman–Crippen MR) is 75.2 cm³/mol. The van der Waals surface area contributed by atoms with Crippen molar-refractivity contribution in [1.29, 1.82) is 0 Å². The number of rotatable bonds is 2. The molecule has 0 bridgehead atoms. The van der Waals surface area contributed by atoms with Crippen LogP contribution in [0.2, 0.25) is 0 Å². The normalized spacial score (nSPS) is 22.2. The Labute approximate surface area is 117 Å². The Morgan fingerprint density at radius 2 is 2.15 bits per heavy atom. The molecule has 1 fully saturated rings. The molecule has 20 heavy (non-hydrogen) atoms. The summed E-state index contributed by atoms with van der Waals surface area (Å²) in [5.41, 5.74) is 1.42. The third-order valence-electron chi connectivity index (χ3n) is 3.67. The molecule has 104 valence electrons. The summed E-state index contributed by atoms with van der Waals surface area (Å²) in [7, 11) is 0. The Kier molecular flexibility index (Phi) is 3.06. The summed E-state index contributed by atoms with van der Waals surface area (Å²) in [6.07, 6.45) is 2.16. The van der Waals surface area contributed by atoms with Crippen molar-refractivity contribution in [2.24, 2.45) is 0 Å². The van der Waals surface area contributed by atoms with Crippen molar-refractivity contribution in [3.8, 4) is 11.3 Å². The van der Waals surface area contributed by atoms with Crippen LogP contribution in [0.25, 0.3) is 11.3 Å². The zero-order valence-electron chi connectivity index (χ0n) is 11.3. The average molecular weight is 271 g/mol. The largest absolute Gasteiger partial charge is 0.388 e. The van der Waals surface area contributed by atoms with Gasteiger partial charge in [-0.25, -0.2) is 0 Å². The molecule has 1 saturated heterocycles. The third-order valence-corrected chi connectivity index (χ3v) is 3.67. The van der Waals surface area contributed by atoms with Gasteiger partial charge in [0.25, 0.3) is 5.91 Å². The van der Waals surface area contributed by atoms with Crippen LogP contribution in [-0.2, 0) is 0 Å². The summed E-state index contributed by atoms with van der Waals surface area (Å²) in [5.74, 6) is -0.0876. The van der Waals surface area contributed by atoms with Crippen LogP contribution in [-0.4, -0.2) is 44.8 Å². The molecular formula is C15H17N3O2. The van der Waals surface area contributed by atoms with Crippen molar-refractivity contribution in [3.05, 3.63) is 42.1 Å². The molecule has 2 N–H and O–H groups in total. The van der Waals surface area contributed by atoms with Gasteiger partial charge in [0.15, 0.2) is 0 Å². The van der Waals surface area contributed by atoms with E-state index < -0.39 is 5.60 Å². The van der Waals surface area contributed by atoms with Crippen molar-refractivity contribution in [3.63, 3.8) is 0 Å². The minimum Gasteiger partial charge on any atom is -0.388 e. The van der Waals surface area contributed by atoms with Crippen LogP contribution in [0.5, 0.6) is 0 Å². The highest BCUT2D eigenvalue weighted by atomic mass is 16.3. The van der Waals surface area contributed by atoms with E-state index in [1.165, 1.54) is 0 Å². The van der Waals surface area contributed by atoms with Gasteiger partial charge in [-0.1, -0.05) is 30.3 Å². The summed E-state index contributed by atoms with van der Waals surface area (Å²) in [6, 6.07) is 9.64. The number of H-pyrrole nitrogens is 1. The number of benzene rings is 1. The second kappa shape index (κ2) is 4.76. The van der Waals surface area contributed by atoms with E-state index >= 15 is 0 Å². The first kappa shape index (κ1) is 12.9. The number of aromatic amines is 1. The van der Waals surface area contributed by atoms with Gasteiger partial charge in [0.05, 0.1) is 23.1 Å². The van der Waals surface area contributed by atoms with Crippen LogP contribution in [0.3, 0.4) is 0 Å². The molecule has 1 aliphatic rings. The number of nitrogens with zero attached hydrogens (tertiary/aromatic N) is 2. The van der Waals surface area contributed by atoms with Crippen LogP contribution in [0, 0.1) is 0 Å². The van der Waals surface area contributed by atoms with E-state index in [1.807, 2.05) is 30.3 Å². The molecule has 2 heterocycles.